The first kappa shape index (κ1) is 18.4. The van der Waals surface area contributed by atoms with Crippen LogP contribution in [0.1, 0.15) is 12.8 Å². The minimum atomic E-state index is -0.909. The second-order valence-corrected chi connectivity index (χ2v) is 6.06. The quantitative estimate of drug-likeness (QED) is 0.505. The standard InChI is InChI=1S/C17H20N6O4/c24-14(25)7-4-8-18-17(27)19-10-13-21-15-12(16(26)22-13)9-20-23(15)11-5-2-1-3-6-11/h1-3,5-6,9,12,15H,4,7-8,10H2,(H,24,25)(H2,18,19,27)(H,21,22,26). The van der Waals surface area contributed by atoms with Crippen molar-refractivity contribution in [3.63, 3.8) is 0 Å². The maximum absolute atomic E-state index is 12.3. The van der Waals surface area contributed by atoms with Gasteiger partial charge in [-0.05, 0) is 18.6 Å². The molecule has 2 aliphatic heterocycles. The molecule has 1 aromatic rings. The molecule has 0 aromatic heterocycles. The number of amidine groups is 1. The highest BCUT2D eigenvalue weighted by Crippen LogP contribution is 2.27. The van der Waals surface area contributed by atoms with Crippen LogP contribution in [0.25, 0.3) is 0 Å². The molecular weight excluding hydrogens is 352 g/mol. The summed E-state index contributed by atoms with van der Waals surface area (Å²) >= 11 is 0. The number of nitrogens with one attached hydrogen (secondary N) is 3. The van der Waals surface area contributed by atoms with Crippen LogP contribution in [0.5, 0.6) is 0 Å². The van der Waals surface area contributed by atoms with E-state index in [0.29, 0.717) is 12.3 Å². The number of amides is 3. The van der Waals surface area contributed by atoms with Gasteiger partial charge in [-0.15, -0.1) is 0 Å². The van der Waals surface area contributed by atoms with Gasteiger partial charge in [-0.1, -0.05) is 18.2 Å². The van der Waals surface area contributed by atoms with Gasteiger partial charge in [-0.2, -0.15) is 5.10 Å². The fraction of sp³-hybridized carbons (Fsp3) is 0.353. The summed E-state index contributed by atoms with van der Waals surface area (Å²) < 4.78 is 0. The molecular formula is C17H20N6O4. The normalized spacial score (nSPS) is 20.5. The summed E-state index contributed by atoms with van der Waals surface area (Å²) in [6.07, 6.45) is 1.40. The molecule has 2 unspecified atom stereocenters. The van der Waals surface area contributed by atoms with Crippen LogP contribution in [0, 0.1) is 5.92 Å². The van der Waals surface area contributed by atoms with Crippen LogP contribution in [0.3, 0.4) is 0 Å². The fourth-order valence-corrected chi connectivity index (χ4v) is 2.75. The van der Waals surface area contributed by atoms with Crippen molar-refractivity contribution in [2.75, 3.05) is 18.1 Å². The Morgan fingerprint density at radius 2 is 2.00 bits per heavy atom. The van der Waals surface area contributed by atoms with E-state index in [0.717, 1.165) is 5.69 Å². The zero-order chi connectivity index (χ0) is 19.2. The molecule has 0 saturated carbocycles. The molecule has 10 heteroatoms. The van der Waals surface area contributed by atoms with Crippen molar-refractivity contribution in [2.24, 2.45) is 16.0 Å². The van der Waals surface area contributed by atoms with E-state index in [2.05, 4.69) is 26.0 Å². The van der Waals surface area contributed by atoms with Gasteiger partial charge in [-0.3, -0.25) is 9.59 Å². The molecule has 27 heavy (non-hydrogen) atoms. The molecule has 0 spiro atoms. The van der Waals surface area contributed by atoms with Crippen LogP contribution >= 0.6 is 0 Å². The molecule has 3 rings (SSSR count). The number of aliphatic carboxylic acids is 1. The summed E-state index contributed by atoms with van der Waals surface area (Å²) in [5.74, 6) is -1.28. The summed E-state index contributed by atoms with van der Waals surface area (Å²) in [7, 11) is 0. The van der Waals surface area contributed by atoms with E-state index < -0.39 is 24.1 Å². The van der Waals surface area contributed by atoms with E-state index in [9.17, 15) is 14.4 Å². The number of carbonyl (C=O) groups excluding carboxylic acids is 2. The Hall–Kier alpha value is -3.43. The van der Waals surface area contributed by atoms with Gasteiger partial charge in [0.1, 0.15) is 11.8 Å². The van der Waals surface area contributed by atoms with Crippen LogP contribution in [0.15, 0.2) is 40.4 Å². The highest BCUT2D eigenvalue weighted by atomic mass is 16.4. The van der Waals surface area contributed by atoms with Crippen molar-refractivity contribution < 1.29 is 19.5 Å². The summed E-state index contributed by atoms with van der Waals surface area (Å²) in [6.45, 7) is 0.291. The van der Waals surface area contributed by atoms with Gasteiger partial charge in [0.15, 0.2) is 6.17 Å². The third-order valence-electron chi connectivity index (χ3n) is 4.07. The number of carboxylic acids is 1. The summed E-state index contributed by atoms with van der Waals surface area (Å²) in [4.78, 5) is 39.0. The number of anilines is 1. The zero-order valence-corrected chi connectivity index (χ0v) is 14.5. The minimum absolute atomic E-state index is 0.0125. The lowest BCUT2D eigenvalue weighted by atomic mass is 10.1. The Morgan fingerprint density at radius 3 is 2.74 bits per heavy atom. The second-order valence-electron chi connectivity index (χ2n) is 6.06. The Bertz CT molecular complexity index is 779. The molecule has 0 radical (unpaired) electrons. The zero-order valence-electron chi connectivity index (χ0n) is 14.5. The van der Waals surface area contributed by atoms with Crippen LogP contribution in [0.4, 0.5) is 10.5 Å². The predicted molar refractivity (Wildman–Crippen MR) is 98.5 cm³/mol. The van der Waals surface area contributed by atoms with Crippen molar-refractivity contribution in [1.29, 1.82) is 0 Å². The third-order valence-corrected chi connectivity index (χ3v) is 4.07. The molecule has 2 aliphatic rings. The van der Waals surface area contributed by atoms with Crippen LogP contribution in [0.2, 0.25) is 0 Å². The van der Waals surface area contributed by atoms with Gasteiger partial charge < -0.3 is 21.1 Å². The van der Waals surface area contributed by atoms with Crippen LogP contribution in [-0.2, 0) is 9.59 Å². The van der Waals surface area contributed by atoms with E-state index in [1.165, 1.54) is 0 Å². The van der Waals surface area contributed by atoms with Crippen LogP contribution in [-0.4, -0.2) is 54.3 Å². The van der Waals surface area contributed by atoms with Crippen LogP contribution < -0.4 is 21.0 Å². The Balaban J connectivity index is 1.56. The van der Waals surface area contributed by atoms with Gasteiger partial charge in [0, 0.05) is 19.2 Å². The number of nitrogens with zero attached hydrogens (tertiary/aromatic N) is 3. The number of fused-ring (bicyclic) bond motifs is 1. The Labute approximate surface area is 155 Å². The number of aliphatic imine (C=N–C) groups is 1. The van der Waals surface area contributed by atoms with Crippen molar-refractivity contribution in [3.8, 4) is 0 Å². The molecule has 142 valence electrons. The fourth-order valence-electron chi connectivity index (χ4n) is 2.75. The highest BCUT2D eigenvalue weighted by Gasteiger charge is 2.40. The minimum Gasteiger partial charge on any atom is -0.481 e. The number of benzene rings is 1. The highest BCUT2D eigenvalue weighted by molar-refractivity contribution is 6.09. The first-order valence-electron chi connectivity index (χ1n) is 8.54. The number of hydrogen-bond acceptors (Lipinski definition) is 6. The topological polar surface area (TPSA) is 135 Å². The molecule has 0 saturated heterocycles. The van der Waals surface area contributed by atoms with Gasteiger partial charge in [0.25, 0.3) is 0 Å². The number of para-hydroxylation sites is 1. The predicted octanol–water partition coefficient (Wildman–Crippen LogP) is 0.127. The molecule has 0 aliphatic carbocycles. The number of hydrazone groups is 1. The lowest BCUT2D eigenvalue weighted by molar-refractivity contribution is -0.137. The summed E-state index contributed by atoms with van der Waals surface area (Å²) in [5, 5.41) is 22.3. The van der Waals surface area contributed by atoms with E-state index in [1.807, 2.05) is 30.3 Å². The van der Waals surface area contributed by atoms with Crippen molar-refractivity contribution in [1.82, 2.24) is 16.0 Å². The molecule has 2 heterocycles. The van der Waals surface area contributed by atoms with E-state index in [4.69, 9.17) is 5.11 Å². The third kappa shape index (κ3) is 4.60. The van der Waals surface area contributed by atoms with E-state index in [1.54, 1.807) is 11.2 Å². The van der Waals surface area contributed by atoms with Gasteiger partial charge in [0.05, 0.1) is 12.2 Å². The van der Waals surface area contributed by atoms with Crippen molar-refractivity contribution in [2.45, 2.75) is 19.0 Å². The van der Waals surface area contributed by atoms with Gasteiger partial charge in [0.2, 0.25) is 5.91 Å². The largest absolute Gasteiger partial charge is 0.481 e. The summed E-state index contributed by atoms with van der Waals surface area (Å²) in [5.41, 5.74) is 0.822. The number of rotatable bonds is 7. The number of carboxylic acid groups (broad SMARTS) is 1. The summed E-state index contributed by atoms with van der Waals surface area (Å²) in [6, 6.07) is 8.95. The molecule has 1 aromatic carbocycles. The molecule has 3 amide bonds. The van der Waals surface area contributed by atoms with E-state index in [-0.39, 0.29) is 25.4 Å². The number of urea groups is 1. The first-order chi connectivity index (χ1) is 13.0. The molecule has 4 N–H and O–H groups in total. The molecule has 2 atom stereocenters. The Kier molecular flexibility index (Phi) is 5.64. The molecule has 10 nitrogen and oxygen atoms in total. The molecule has 0 bridgehead atoms. The average Bonchev–Trinajstić information content (AvgIpc) is 3.09. The van der Waals surface area contributed by atoms with E-state index >= 15 is 0 Å². The maximum atomic E-state index is 12.3. The van der Waals surface area contributed by atoms with Gasteiger partial charge >= 0.3 is 12.0 Å². The maximum Gasteiger partial charge on any atom is 0.315 e. The molecule has 0 fully saturated rings. The van der Waals surface area contributed by atoms with Gasteiger partial charge in [-0.25, -0.2) is 14.8 Å². The second kappa shape index (κ2) is 8.30. The number of carbonyl (C=O) groups is 3. The SMILES string of the molecule is O=C(O)CCCNC(=O)NCC1=NC2C(C=NN2c2ccccc2)C(=O)N1. The monoisotopic (exact) mass is 372 g/mol. The Morgan fingerprint density at radius 1 is 1.22 bits per heavy atom. The average molecular weight is 372 g/mol. The number of hydrogen-bond donors (Lipinski definition) is 4. The lowest BCUT2D eigenvalue weighted by Gasteiger charge is -2.28. The smallest absolute Gasteiger partial charge is 0.315 e. The van der Waals surface area contributed by atoms with Crippen molar-refractivity contribution in [3.05, 3.63) is 30.3 Å². The van der Waals surface area contributed by atoms with Crippen molar-refractivity contribution >= 4 is 35.6 Å². The lowest BCUT2D eigenvalue weighted by Crippen LogP contribution is -2.52. The first-order valence-corrected chi connectivity index (χ1v) is 8.54.